The summed E-state index contributed by atoms with van der Waals surface area (Å²) in [4.78, 5) is 65.6. The summed E-state index contributed by atoms with van der Waals surface area (Å²) in [6.07, 6.45) is -0.696. The molecule has 0 spiro atoms. The highest BCUT2D eigenvalue weighted by Crippen LogP contribution is 2.26. The van der Waals surface area contributed by atoms with Crippen molar-refractivity contribution in [2.45, 2.75) is 13.0 Å². The number of amides is 2. The van der Waals surface area contributed by atoms with Crippen molar-refractivity contribution in [2.75, 3.05) is 44.2 Å². The van der Waals surface area contributed by atoms with E-state index in [9.17, 15) is 34.6 Å². The average Bonchev–Trinajstić information content (AvgIpc) is 3.69. The number of nitrogens with zero attached hydrogens (tertiary/aromatic N) is 7. The zero-order valence-corrected chi connectivity index (χ0v) is 26.2. The fourth-order valence-electron chi connectivity index (χ4n) is 5.13. The van der Waals surface area contributed by atoms with Gasteiger partial charge in [-0.25, -0.2) is 4.79 Å². The number of non-ortho nitro benzene ring substituents is 2. The molecule has 2 aliphatic heterocycles. The van der Waals surface area contributed by atoms with Crippen molar-refractivity contribution >= 4 is 45.9 Å². The zero-order valence-electron chi connectivity index (χ0n) is 25.4. The molecule has 1 atom stereocenters. The molecule has 48 heavy (non-hydrogen) atoms. The smallest absolute Gasteiger partial charge is 0.414 e. The molecule has 3 heterocycles. The monoisotopic (exact) mass is 677 g/mol. The lowest BCUT2D eigenvalue weighted by atomic mass is 10.1. The van der Waals surface area contributed by atoms with Gasteiger partial charge in [-0.3, -0.25) is 39.6 Å². The molecular weight excluding hydrogens is 650 g/mol. The Morgan fingerprint density at radius 3 is 2.08 bits per heavy atom. The van der Waals surface area contributed by atoms with Gasteiger partial charge in [0.15, 0.2) is 0 Å². The number of ether oxygens (including phenoxy) is 1. The lowest BCUT2D eigenvalue weighted by Gasteiger charge is -2.35. The van der Waals surface area contributed by atoms with Crippen molar-refractivity contribution in [1.82, 2.24) is 19.9 Å². The first-order valence-electron chi connectivity index (χ1n) is 14.6. The fourth-order valence-corrected chi connectivity index (χ4v) is 5.25. The third kappa shape index (κ3) is 8.15. The number of halogens is 1. The van der Waals surface area contributed by atoms with Gasteiger partial charge in [-0.2, -0.15) is 4.98 Å². The van der Waals surface area contributed by atoms with E-state index in [-0.39, 0.29) is 28.9 Å². The molecule has 0 radical (unpaired) electrons. The van der Waals surface area contributed by atoms with Gasteiger partial charge in [-0.15, -0.1) is 0 Å². The van der Waals surface area contributed by atoms with Crippen LogP contribution in [0.1, 0.15) is 26.6 Å². The summed E-state index contributed by atoms with van der Waals surface area (Å²) in [6.45, 7) is 4.92. The van der Waals surface area contributed by atoms with E-state index < -0.39 is 21.2 Å². The molecule has 2 aliphatic rings. The maximum Gasteiger partial charge on any atom is 0.414 e. The SMILES string of the molecule is Cc1nc(-c2ccc(N3CC(CN4CCN(C(=O)c5cccc([N+](=O)[O-])c5)CC4)OC3=O)cc2)no1.O=C(Cl)c1cccc([N+](=O)[O-])c1. The Kier molecular flexibility index (Phi) is 10.4. The second-order valence-electron chi connectivity index (χ2n) is 10.8. The second-order valence-corrected chi connectivity index (χ2v) is 11.1. The van der Waals surface area contributed by atoms with Crippen LogP contribution in [0.3, 0.4) is 0 Å². The summed E-state index contributed by atoms with van der Waals surface area (Å²) in [5, 5.41) is 24.4. The number of hydrogen-bond donors (Lipinski definition) is 0. The van der Waals surface area contributed by atoms with E-state index in [1.54, 1.807) is 22.8 Å². The maximum absolute atomic E-state index is 12.8. The number of aromatic nitrogens is 2. The van der Waals surface area contributed by atoms with E-state index in [4.69, 9.17) is 20.9 Å². The summed E-state index contributed by atoms with van der Waals surface area (Å²) in [5.41, 5.74) is 1.70. The minimum atomic E-state index is -0.696. The Morgan fingerprint density at radius 1 is 0.917 bits per heavy atom. The normalized spacial score (nSPS) is 16.1. The first-order chi connectivity index (χ1) is 23.0. The molecule has 0 saturated carbocycles. The van der Waals surface area contributed by atoms with Crippen LogP contribution in [-0.2, 0) is 4.74 Å². The molecule has 16 nitrogen and oxygen atoms in total. The number of nitro groups is 2. The Morgan fingerprint density at radius 2 is 1.52 bits per heavy atom. The second kappa shape index (κ2) is 14.8. The Hall–Kier alpha value is -5.74. The molecule has 3 aromatic carbocycles. The molecule has 248 valence electrons. The van der Waals surface area contributed by atoms with Gasteiger partial charge in [0.05, 0.1) is 16.4 Å². The van der Waals surface area contributed by atoms with Crippen LogP contribution in [0.5, 0.6) is 0 Å². The van der Waals surface area contributed by atoms with Crippen molar-refractivity contribution in [2.24, 2.45) is 0 Å². The van der Waals surface area contributed by atoms with Crippen LogP contribution in [-0.4, -0.2) is 92.4 Å². The number of nitro benzene ring substituents is 2. The van der Waals surface area contributed by atoms with E-state index in [2.05, 4.69) is 15.0 Å². The molecule has 2 saturated heterocycles. The van der Waals surface area contributed by atoms with E-state index in [0.29, 0.717) is 56.5 Å². The predicted octanol–water partition coefficient (Wildman–Crippen LogP) is 4.71. The summed E-state index contributed by atoms with van der Waals surface area (Å²) in [6, 6.07) is 18.3. The Balaban J connectivity index is 0.000000318. The van der Waals surface area contributed by atoms with Crippen LogP contribution in [0.4, 0.5) is 21.9 Å². The van der Waals surface area contributed by atoms with Gasteiger partial charge >= 0.3 is 6.09 Å². The van der Waals surface area contributed by atoms with Gasteiger partial charge < -0.3 is 14.2 Å². The van der Waals surface area contributed by atoms with Gasteiger partial charge in [0, 0.05) is 86.3 Å². The molecule has 1 unspecified atom stereocenters. The standard InChI is InChI=1S/C24H24N6O6.C7H4ClNO3/c1-16-25-22(26-36-16)17-5-7-19(8-6-17)29-15-21(35-24(29)32)14-27-9-11-28(12-10-27)23(31)18-3-2-4-20(13-18)30(33)34;8-7(10)5-2-1-3-6(4-5)9(11)12/h2-8,13,21H,9-12,14-15H2,1H3;1-4H. The molecule has 6 rings (SSSR count). The summed E-state index contributed by atoms with van der Waals surface area (Å²) < 4.78 is 10.6. The lowest BCUT2D eigenvalue weighted by molar-refractivity contribution is -0.385. The van der Waals surface area contributed by atoms with Gasteiger partial charge in [0.1, 0.15) is 6.10 Å². The number of hydrogen-bond acceptors (Lipinski definition) is 12. The van der Waals surface area contributed by atoms with Crippen LogP contribution in [0.2, 0.25) is 0 Å². The third-order valence-corrected chi connectivity index (χ3v) is 7.77. The largest absolute Gasteiger partial charge is 0.443 e. The van der Waals surface area contributed by atoms with Gasteiger partial charge in [-0.1, -0.05) is 17.3 Å². The predicted molar refractivity (Wildman–Crippen MR) is 171 cm³/mol. The number of carbonyl (C=O) groups is 3. The Labute approximate surface area is 277 Å². The topological polar surface area (TPSA) is 195 Å². The number of aryl methyl sites for hydroxylation is 1. The van der Waals surface area contributed by atoms with Crippen LogP contribution in [0.25, 0.3) is 11.4 Å². The quantitative estimate of drug-likeness (QED) is 0.142. The molecule has 1 aromatic heterocycles. The zero-order chi connectivity index (χ0) is 34.4. The highest BCUT2D eigenvalue weighted by atomic mass is 35.5. The molecule has 0 aliphatic carbocycles. The summed E-state index contributed by atoms with van der Waals surface area (Å²) >= 11 is 5.12. The van der Waals surface area contributed by atoms with E-state index >= 15 is 0 Å². The number of benzene rings is 3. The van der Waals surface area contributed by atoms with Gasteiger partial charge in [0.2, 0.25) is 11.7 Å². The van der Waals surface area contributed by atoms with Crippen LogP contribution < -0.4 is 4.90 Å². The molecule has 0 N–H and O–H groups in total. The average molecular weight is 678 g/mol. The van der Waals surface area contributed by atoms with E-state index in [0.717, 1.165) is 17.3 Å². The number of carbonyl (C=O) groups excluding carboxylic acids is 3. The lowest BCUT2D eigenvalue weighted by Crippen LogP contribution is -2.50. The number of anilines is 1. The van der Waals surface area contributed by atoms with Crippen molar-refractivity contribution in [3.63, 3.8) is 0 Å². The fraction of sp³-hybridized carbons (Fsp3) is 0.258. The molecule has 4 aromatic rings. The van der Waals surface area contributed by atoms with Crippen molar-refractivity contribution < 1.29 is 33.5 Å². The van der Waals surface area contributed by atoms with Crippen molar-refractivity contribution in [3.8, 4) is 11.4 Å². The van der Waals surface area contributed by atoms with Crippen molar-refractivity contribution in [1.29, 1.82) is 0 Å². The van der Waals surface area contributed by atoms with Crippen molar-refractivity contribution in [3.05, 3.63) is 110 Å². The molecule has 17 heteroatoms. The molecule has 0 bridgehead atoms. The molecular formula is C31H28ClN7O9. The first-order valence-corrected chi connectivity index (χ1v) is 15.0. The van der Waals surface area contributed by atoms with Crippen LogP contribution in [0, 0.1) is 27.2 Å². The molecule has 2 amide bonds. The third-order valence-electron chi connectivity index (χ3n) is 7.55. The Bertz CT molecular complexity index is 1810. The van der Waals surface area contributed by atoms with Gasteiger partial charge in [-0.05, 0) is 48.0 Å². The summed E-state index contributed by atoms with van der Waals surface area (Å²) in [5.74, 6) is 0.745. The number of piperazine rings is 1. The number of rotatable bonds is 8. The minimum Gasteiger partial charge on any atom is -0.443 e. The first kappa shape index (κ1) is 33.6. The van der Waals surface area contributed by atoms with E-state index in [1.165, 1.54) is 36.4 Å². The minimum absolute atomic E-state index is 0.105. The number of cyclic esters (lactones) is 1. The van der Waals surface area contributed by atoms with Gasteiger partial charge in [0.25, 0.3) is 22.5 Å². The summed E-state index contributed by atoms with van der Waals surface area (Å²) in [7, 11) is 0. The molecule has 2 fully saturated rings. The highest BCUT2D eigenvalue weighted by Gasteiger charge is 2.34. The maximum atomic E-state index is 12.8. The highest BCUT2D eigenvalue weighted by molar-refractivity contribution is 6.67. The van der Waals surface area contributed by atoms with Crippen LogP contribution in [0.15, 0.2) is 77.3 Å². The van der Waals surface area contributed by atoms with E-state index in [1.807, 2.05) is 24.3 Å². The van der Waals surface area contributed by atoms with Crippen LogP contribution >= 0.6 is 11.6 Å².